The van der Waals surface area contributed by atoms with Gasteiger partial charge in [-0.25, -0.2) is 0 Å². The Bertz CT molecular complexity index is 393. The number of aromatic nitrogens is 1. The molecule has 0 spiro atoms. The zero-order valence-electron chi connectivity index (χ0n) is 11.0. The Labute approximate surface area is 112 Å². The van der Waals surface area contributed by atoms with Crippen molar-refractivity contribution < 1.29 is 0 Å². The summed E-state index contributed by atoms with van der Waals surface area (Å²) >= 11 is 1.23. The van der Waals surface area contributed by atoms with E-state index in [4.69, 9.17) is 0 Å². The van der Waals surface area contributed by atoms with E-state index in [0.29, 0.717) is 12.1 Å². The second-order valence-electron chi connectivity index (χ2n) is 5.19. The molecule has 102 valence electrons. The number of hydrogen-bond donors (Lipinski definition) is 3. The van der Waals surface area contributed by atoms with E-state index in [2.05, 4.69) is 22.5 Å². The summed E-state index contributed by atoms with van der Waals surface area (Å²) in [6, 6.07) is 1.13. The van der Waals surface area contributed by atoms with E-state index in [1.54, 1.807) is 0 Å². The number of H-pyrrole nitrogens is 1. The largest absolute Gasteiger partial charge is 0.315 e. The quantitative estimate of drug-likeness (QED) is 0.764. The molecular formula is C13H23N3OS. The molecule has 0 bridgehead atoms. The Morgan fingerprint density at radius 1 is 1.50 bits per heavy atom. The van der Waals surface area contributed by atoms with Crippen molar-refractivity contribution in [3.8, 4) is 0 Å². The molecule has 18 heavy (non-hydrogen) atoms. The summed E-state index contributed by atoms with van der Waals surface area (Å²) < 4.78 is 0. The van der Waals surface area contributed by atoms with Crippen LogP contribution in [0.2, 0.25) is 0 Å². The van der Waals surface area contributed by atoms with Crippen molar-refractivity contribution in [1.29, 1.82) is 0 Å². The van der Waals surface area contributed by atoms with Crippen LogP contribution in [-0.4, -0.2) is 23.6 Å². The van der Waals surface area contributed by atoms with Crippen molar-refractivity contribution in [3.05, 3.63) is 20.7 Å². The average molecular weight is 269 g/mol. The zero-order valence-corrected chi connectivity index (χ0v) is 11.8. The highest BCUT2D eigenvalue weighted by Crippen LogP contribution is 2.12. The van der Waals surface area contributed by atoms with Gasteiger partial charge in [-0.15, -0.1) is 0 Å². The molecule has 1 aliphatic heterocycles. The fourth-order valence-electron chi connectivity index (χ4n) is 2.50. The van der Waals surface area contributed by atoms with Crippen molar-refractivity contribution in [1.82, 2.24) is 15.6 Å². The van der Waals surface area contributed by atoms with Gasteiger partial charge in [0.05, 0.1) is 0 Å². The van der Waals surface area contributed by atoms with Crippen LogP contribution in [0, 0.1) is 0 Å². The van der Waals surface area contributed by atoms with Crippen molar-refractivity contribution in [2.75, 3.05) is 6.54 Å². The van der Waals surface area contributed by atoms with E-state index in [9.17, 15) is 4.79 Å². The van der Waals surface area contributed by atoms with Crippen molar-refractivity contribution in [3.63, 3.8) is 0 Å². The molecule has 1 saturated heterocycles. The van der Waals surface area contributed by atoms with E-state index < -0.39 is 0 Å². The highest BCUT2D eigenvalue weighted by Gasteiger charge is 2.14. The summed E-state index contributed by atoms with van der Waals surface area (Å²) in [6.45, 7) is 4.14. The lowest BCUT2D eigenvalue weighted by Crippen LogP contribution is -2.36. The predicted octanol–water partition coefficient (Wildman–Crippen LogP) is 1.84. The lowest BCUT2D eigenvalue weighted by atomic mass is 10.0. The summed E-state index contributed by atoms with van der Waals surface area (Å²) in [4.78, 5) is 13.9. The topological polar surface area (TPSA) is 56.9 Å². The normalized spacial score (nSPS) is 22.6. The van der Waals surface area contributed by atoms with Crippen LogP contribution in [-0.2, 0) is 6.54 Å². The molecule has 0 saturated carbocycles. The van der Waals surface area contributed by atoms with Crippen molar-refractivity contribution in [2.24, 2.45) is 0 Å². The molecule has 1 aromatic heterocycles. The van der Waals surface area contributed by atoms with E-state index in [1.165, 1.54) is 37.0 Å². The lowest BCUT2D eigenvalue weighted by Gasteiger charge is -2.21. The van der Waals surface area contributed by atoms with Gasteiger partial charge in [0, 0.05) is 29.7 Å². The van der Waals surface area contributed by atoms with E-state index in [-0.39, 0.29) is 4.87 Å². The average Bonchev–Trinajstić information content (AvgIpc) is 2.60. The Kier molecular flexibility index (Phi) is 5.41. The summed E-state index contributed by atoms with van der Waals surface area (Å²) in [7, 11) is 0. The Morgan fingerprint density at radius 3 is 3.17 bits per heavy atom. The molecule has 2 heterocycles. The standard InChI is InChI=1S/C13H23N3OS/c1-10(7-11-5-3-2-4-6-14-11)15-8-12-9-18-13(17)16-12/h9-11,14-15H,2-8H2,1H3,(H,16,17). The van der Waals surface area contributed by atoms with Crippen LogP contribution < -0.4 is 15.5 Å². The van der Waals surface area contributed by atoms with Gasteiger partial charge in [0.2, 0.25) is 0 Å². The van der Waals surface area contributed by atoms with Gasteiger partial charge in [0.15, 0.2) is 0 Å². The first kappa shape index (κ1) is 13.8. The van der Waals surface area contributed by atoms with Crippen LogP contribution in [0.3, 0.4) is 0 Å². The van der Waals surface area contributed by atoms with E-state index in [1.807, 2.05) is 5.38 Å². The molecule has 3 N–H and O–H groups in total. The molecule has 2 rings (SSSR count). The highest BCUT2D eigenvalue weighted by molar-refractivity contribution is 7.07. The number of rotatable bonds is 5. The fourth-order valence-corrected chi connectivity index (χ4v) is 3.08. The molecule has 2 atom stereocenters. The monoisotopic (exact) mass is 269 g/mol. The highest BCUT2D eigenvalue weighted by atomic mass is 32.1. The molecule has 1 aromatic rings. The number of nitrogens with one attached hydrogen (secondary N) is 3. The third-order valence-electron chi connectivity index (χ3n) is 3.51. The lowest BCUT2D eigenvalue weighted by molar-refractivity contribution is 0.401. The van der Waals surface area contributed by atoms with Crippen molar-refractivity contribution in [2.45, 2.75) is 57.7 Å². The third-order valence-corrected chi connectivity index (χ3v) is 4.23. The van der Waals surface area contributed by atoms with Gasteiger partial charge in [-0.2, -0.15) is 0 Å². The summed E-state index contributed by atoms with van der Waals surface area (Å²) in [5.74, 6) is 0. The van der Waals surface area contributed by atoms with Crippen LogP contribution >= 0.6 is 11.3 Å². The predicted molar refractivity (Wildman–Crippen MR) is 76.1 cm³/mol. The smallest absolute Gasteiger partial charge is 0.304 e. The molecule has 5 heteroatoms. The summed E-state index contributed by atoms with van der Waals surface area (Å²) in [5, 5.41) is 8.99. The zero-order chi connectivity index (χ0) is 12.8. The molecule has 4 nitrogen and oxygen atoms in total. The van der Waals surface area contributed by atoms with Crippen LogP contribution in [0.15, 0.2) is 10.2 Å². The van der Waals surface area contributed by atoms with Gasteiger partial charge in [-0.3, -0.25) is 4.79 Å². The van der Waals surface area contributed by atoms with E-state index >= 15 is 0 Å². The first-order valence-electron chi connectivity index (χ1n) is 6.87. The molecule has 0 aliphatic carbocycles. The van der Waals surface area contributed by atoms with Crippen LogP contribution in [0.25, 0.3) is 0 Å². The maximum absolute atomic E-state index is 11.0. The van der Waals surface area contributed by atoms with Gasteiger partial charge < -0.3 is 15.6 Å². The first-order chi connectivity index (χ1) is 8.74. The van der Waals surface area contributed by atoms with E-state index in [0.717, 1.165) is 25.2 Å². The third kappa shape index (κ3) is 4.55. The Morgan fingerprint density at radius 2 is 2.39 bits per heavy atom. The maximum Gasteiger partial charge on any atom is 0.304 e. The molecular weight excluding hydrogens is 246 g/mol. The minimum absolute atomic E-state index is 0.0323. The molecule has 2 unspecified atom stereocenters. The molecule has 1 aliphatic rings. The van der Waals surface area contributed by atoms with Crippen LogP contribution in [0.5, 0.6) is 0 Å². The number of hydrogen-bond acceptors (Lipinski definition) is 4. The van der Waals surface area contributed by atoms with Gasteiger partial charge in [-0.1, -0.05) is 24.2 Å². The molecule has 1 fully saturated rings. The maximum atomic E-state index is 11.0. The van der Waals surface area contributed by atoms with Gasteiger partial charge >= 0.3 is 4.87 Å². The number of aromatic amines is 1. The van der Waals surface area contributed by atoms with Crippen molar-refractivity contribution >= 4 is 11.3 Å². The Hall–Kier alpha value is -0.650. The number of thiazole rings is 1. The molecule has 0 radical (unpaired) electrons. The van der Waals surface area contributed by atoms with Gasteiger partial charge in [0.25, 0.3) is 0 Å². The summed E-state index contributed by atoms with van der Waals surface area (Å²) in [6.07, 6.45) is 6.48. The van der Waals surface area contributed by atoms with Gasteiger partial charge in [-0.05, 0) is 32.7 Å². The fraction of sp³-hybridized carbons (Fsp3) is 0.769. The van der Waals surface area contributed by atoms with Crippen LogP contribution in [0.1, 0.15) is 44.7 Å². The second-order valence-corrected chi connectivity index (χ2v) is 6.03. The minimum Gasteiger partial charge on any atom is -0.315 e. The van der Waals surface area contributed by atoms with Gasteiger partial charge in [0.1, 0.15) is 0 Å². The second kappa shape index (κ2) is 7.07. The van der Waals surface area contributed by atoms with Crippen LogP contribution in [0.4, 0.5) is 0 Å². The Balaban J connectivity index is 1.70. The minimum atomic E-state index is 0.0323. The molecule has 0 amide bonds. The SMILES string of the molecule is CC(CC1CCCCCN1)NCc1csc(=O)[nH]1. The first-order valence-corrected chi connectivity index (χ1v) is 7.75. The molecule has 0 aromatic carbocycles. The summed E-state index contributed by atoms with van der Waals surface area (Å²) in [5.41, 5.74) is 0.991.